The maximum Gasteiger partial charge on any atom is 0.266 e. The smallest absolute Gasteiger partial charge is 0.266 e. The first-order chi connectivity index (χ1) is 12.8. The molecule has 140 valence electrons. The van der Waals surface area contributed by atoms with E-state index in [1.165, 1.54) is 29.2 Å². The Morgan fingerprint density at radius 2 is 1.81 bits per heavy atom. The summed E-state index contributed by atoms with van der Waals surface area (Å²) >= 11 is 6.40. The first-order valence-electron chi connectivity index (χ1n) is 7.87. The van der Waals surface area contributed by atoms with Crippen LogP contribution in [0.4, 0.5) is 4.39 Å². The normalized spacial score (nSPS) is 16.4. The molecule has 2 aromatic rings. The molecule has 1 fully saturated rings. The van der Waals surface area contributed by atoms with E-state index in [1.54, 1.807) is 30.3 Å². The van der Waals surface area contributed by atoms with Crippen LogP contribution in [0.15, 0.2) is 58.3 Å². The van der Waals surface area contributed by atoms with Gasteiger partial charge in [-0.25, -0.2) is 17.9 Å². The first-order valence-corrected chi connectivity index (χ1v) is 10.6. The topological polar surface area (TPSA) is 80.5 Å². The van der Waals surface area contributed by atoms with Gasteiger partial charge in [0.15, 0.2) is 0 Å². The summed E-state index contributed by atoms with van der Waals surface area (Å²) in [6, 6.07) is 12.3. The van der Waals surface area contributed by atoms with Gasteiger partial charge in [0, 0.05) is 12.1 Å². The molecule has 0 radical (unpaired) electrons. The summed E-state index contributed by atoms with van der Waals surface area (Å²) in [7, 11) is -3.74. The molecule has 0 bridgehead atoms. The Morgan fingerprint density at radius 3 is 2.44 bits per heavy atom. The van der Waals surface area contributed by atoms with Crippen molar-refractivity contribution in [3.05, 3.63) is 70.4 Å². The maximum absolute atomic E-state index is 13.8. The third kappa shape index (κ3) is 4.62. The van der Waals surface area contributed by atoms with Gasteiger partial charge in [0.25, 0.3) is 5.91 Å². The molecule has 1 aliphatic rings. The molecule has 2 N–H and O–H groups in total. The maximum atomic E-state index is 13.8. The van der Waals surface area contributed by atoms with E-state index in [0.717, 1.165) is 17.3 Å². The van der Waals surface area contributed by atoms with E-state index in [2.05, 4.69) is 0 Å². The highest BCUT2D eigenvalue weighted by molar-refractivity contribution is 8.26. The predicted molar refractivity (Wildman–Crippen MR) is 108 cm³/mol. The lowest BCUT2D eigenvalue weighted by atomic mass is 10.1. The minimum absolute atomic E-state index is 0.0321. The molecule has 0 spiro atoms. The summed E-state index contributed by atoms with van der Waals surface area (Å²) in [5.74, 6) is -0.674. The molecule has 3 rings (SSSR count). The quantitative estimate of drug-likeness (QED) is 0.592. The molecule has 0 unspecified atom stereocenters. The Balaban J connectivity index is 1.70. The van der Waals surface area contributed by atoms with Gasteiger partial charge in [-0.2, -0.15) is 0 Å². The minimum atomic E-state index is -3.74. The number of sulfonamides is 1. The molecular formula is C18H15FN2O3S3. The molecule has 9 heteroatoms. The Hall–Kier alpha value is -2.07. The molecule has 0 aromatic heterocycles. The number of halogens is 1. The van der Waals surface area contributed by atoms with Crippen molar-refractivity contribution in [1.29, 1.82) is 0 Å². The molecule has 1 heterocycles. The van der Waals surface area contributed by atoms with Crippen molar-refractivity contribution in [3.63, 3.8) is 0 Å². The largest absolute Gasteiger partial charge is 0.293 e. The third-order valence-corrected chi connectivity index (χ3v) is 6.25. The molecular weight excluding hydrogens is 407 g/mol. The van der Waals surface area contributed by atoms with Crippen molar-refractivity contribution in [3.8, 4) is 0 Å². The molecule has 0 aliphatic carbocycles. The van der Waals surface area contributed by atoms with E-state index in [4.69, 9.17) is 17.4 Å². The van der Waals surface area contributed by atoms with E-state index in [0.29, 0.717) is 27.8 Å². The van der Waals surface area contributed by atoms with Gasteiger partial charge < -0.3 is 0 Å². The second kappa shape index (κ2) is 7.89. The highest BCUT2D eigenvalue weighted by Gasteiger charge is 2.31. The molecule has 2 aromatic carbocycles. The van der Waals surface area contributed by atoms with Crippen molar-refractivity contribution in [1.82, 2.24) is 4.90 Å². The number of thiocarbonyl (C=S) groups is 1. The van der Waals surface area contributed by atoms with Crippen LogP contribution in [0.2, 0.25) is 0 Å². The molecule has 27 heavy (non-hydrogen) atoms. The molecule has 5 nitrogen and oxygen atoms in total. The second-order valence-electron chi connectivity index (χ2n) is 5.79. The van der Waals surface area contributed by atoms with Crippen LogP contribution in [0.1, 0.15) is 11.1 Å². The van der Waals surface area contributed by atoms with Crippen LogP contribution in [0.5, 0.6) is 0 Å². The average Bonchev–Trinajstić information content (AvgIpc) is 2.88. The number of carbonyl (C=O) groups excluding carboxylic acids is 1. The molecule has 1 aliphatic heterocycles. The monoisotopic (exact) mass is 422 g/mol. The minimum Gasteiger partial charge on any atom is -0.293 e. The van der Waals surface area contributed by atoms with Crippen LogP contribution >= 0.6 is 24.0 Å². The van der Waals surface area contributed by atoms with Crippen LogP contribution in [-0.2, 0) is 21.2 Å². The zero-order valence-corrected chi connectivity index (χ0v) is 16.4. The Bertz CT molecular complexity index is 1030. The van der Waals surface area contributed by atoms with Gasteiger partial charge in [-0.15, -0.1) is 0 Å². The first kappa shape index (κ1) is 19.7. The second-order valence-corrected chi connectivity index (χ2v) is 9.03. The molecule has 1 amide bonds. The SMILES string of the molecule is NS(=O)(=O)c1ccc(CCN2C(=O)/C(=C\c3ccccc3F)SC2=S)cc1. The summed E-state index contributed by atoms with van der Waals surface area (Å²) in [4.78, 5) is 14.4. The summed E-state index contributed by atoms with van der Waals surface area (Å²) in [6.45, 7) is 0.341. The number of hydrogen-bond donors (Lipinski definition) is 1. The summed E-state index contributed by atoms with van der Waals surface area (Å²) in [5.41, 5.74) is 1.17. The van der Waals surface area contributed by atoms with E-state index < -0.39 is 15.8 Å². The Morgan fingerprint density at radius 1 is 1.15 bits per heavy atom. The van der Waals surface area contributed by atoms with E-state index >= 15 is 0 Å². The number of carbonyl (C=O) groups is 1. The number of nitrogens with two attached hydrogens (primary N) is 1. The van der Waals surface area contributed by atoms with Crippen molar-refractivity contribution in [2.75, 3.05) is 6.54 Å². The zero-order chi connectivity index (χ0) is 19.6. The predicted octanol–water partition coefficient (Wildman–Crippen LogP) is 2.92. The van der Waals surface area contributed by atoms with E-state index in [9.17, 15) is 17.6 Å². The van der Waals surface area contributed by atoms with Crippen LogP contribution in [0, 0.1) is 5.82 Å². The van der Waals surface area contributed by atoms with Gasteiger partial charge in [-0.05, 0) is 36.3 Å². The fraction of sp³-hybridized carbons (Fsp3) is 0.111. The van der Waals surface area contributed by atoms with Crippen molar-refractivity contribution in [2.24, 2.45) is 5.14 Å². The van der Waals surface area contributed by atoms with Gasteiger partial charge in [0.05, 0.1) is 9.80 Å². The van der Waals surface area contributed by atoms with Gasteiger partial charge in [0.1, 0.15) is 10.1 Å². The fourth-order valence-electron chi connectivity index (χ4n) is 2.51. The molecule has 0 atom stereocenters. The van der Waals surface area contributed by atoms with Crippen molar-refractivity contribution >= 4 is 50.3 Å². The van der Waals surface area contributed by atoms with Crippen molar-refractivity contribution < 1.29 is 17.6 Å². The number of hydrogen-bond acceptors (Lipinski definition) is 5. The molecule has 1 saturated heterocycles. The number of benzene rings is 2. The number of amides is 1. The lowest BCUT2D eigenvalue weighted by Gasteiger charge is -2.14. The summed E-state index contributed by atoms with van der Waals surface area (Å²) in [5, 5.41) is 5.07. The number of primary sulfonamides is 1. The van der Waals surface area contributed by atoms with Gasteiger partial charge in [-0.1, -0.05) is 54.3 Å². The highest BCUT2D eigenvalue weighted by atomic mass is 32.2. The van der Waals surface area contributed by atoms with Crippen LogP contribution < -0.4 is 5.14 Å². The summed E-state index contributed by atoms with van der Waals surface area (Å²) in [6.07, 6.45) is 1.99. The number of thioether (sulfide) groups is 1. The molecule has 0 saturated carbocycles. The van der Waals surface area contributed by atoms with Gasteiger partial charge >= 0.3 is 0 Å². The lowest BCUT2D eigenvalue weighted by molar-refractivity contribution is -0.122. The van der Waals surface area contributed by atoms with Crippen molar-refractivity contribution in [2.45, 2.75) is 11.3 Å². The number of nitrogens with zero attached hydrogens (tertiary/aromatic N) is 1. The fourth-order valence-corrected chi connectivity index (χ4v) is 4.33. The Kier molecular flexibility index (Phi) is 5.75. The van der Waals surface area contributed by atoms with Gasteiger partial charge in [0.2, 0.25) is 10.0 Å². The number of rotatable bonds is 5. The third-order valence-electron chi connectivity index (χ3n) is 3.94. The van der Waals surface area contributed by atoms with Crippen LogP contribution in [0.3, 0.4) is 0 Å². The van der Waals surface area contributed by atoms with Gasteiger partial charge in [-0.3, -0.25) is 9.69 Å². The van der Waals surface area contributed by atoms with Crippen LogP contribution in [-0.4, -0.2) is 30.1 Å². The lowest BCUT2D eigenvalue weighted by Crippen LogP contribution is -2.30. The van der Waals surface area contributed by atoms with Crippen LogP contribution in [0.25, 0.3) is 6.08 Å². The average molecular weight is 423 g/mol. The highest BCUT2D eigenvalue weighted by Crippen LogP contribution is 2.33. The Labute approximate surface area is 166 Å². The summed E-state index contributed by atoms with van der Waals surface area (Å²) < 4.78 is 36.8. The van der Waals surface area contributed by atoms with E-state index in [1.807, 2.05) is 0 Å². The zero-order valence-electron chi connectivity index (χ0n) is 14.0. The van der Waals surface area contributed by atoms with E-state index in [-0.39, 0.29) is 10.8 Å². The standard InChI is InChI=1S/C18H15FN2O3S3/c19-15-4-2-1-3-13(15)11-16-17(22)21(18(25)26-16)10-9-12-5-7-14(8-6-12)27(20,23)24/h1-8,11H,9-10H2,(H2,20,23,24)/b16-11+.